The van der Waals surface area contributed by atoms with Crippen LogP contribution in [-0.2, 0) is 26.1 Å². The number of rotatable bonds is 7. The molecule has 0 unspecified atom stereocenters. The van der Waals surface area contributed by atoms with E-state index in [1.807, 2.05) is 31.2 Å². The van der Waals surface area contributed by atoms with Crippen molar-refractivity contribution >= 4 is 10.9 Å². The fourth-order valence-electron chi connectivity index (χ4n) is 4.14. The van der Waals surface area contributed by atoms with Crippen molar-refractivity contribution in [1.82, 2.24) is 4.98 Å². The van der Waals surface area contributed by atoms with Crippen LogP contribution in [0.1, 0.15) is 34.9 Å². The summed E-state index contributed by atoms with van der Waals surface area (Å²) in [5.74, 6) is 0. The molecule has 3 aromatic carbocycles. The highest BCUT2D eigenvalue weighted by molar-refractivity contribution is 5.80. The Hall–Kier alpha value is -3.17. The predicted octanol–water partition coefficient (Wildman–Crippen LogP) is 4.18. The van der Waals surface area contributed by atoms with E-state index in [0.717, 1.165) is 41.7 Å². The Labute approximate surface area is 178 Å². The van der Waals surface area contributed by atoms with Gasteiger partial charge in [0.2, 0.25) is 0 Å². The Kier molecular flexibility index (Phi) is 6.10. The maximum atomic E-state index is 13.4. The number of hydrogen-bond donors (Lipinski definition) is 2. The topological polar surface area (TPSA) is 37.3 Å². The Morgan fingerprint density at radius 2 is 1.37 bits per heavy atom. The third-order valence-corrected chi connectivity index (χ3v) is 5.81. The van der Waals surface area contributed by atoms with Gasteiger partial charge in [-0.2, -0.15) is 0 Å². The number of quaternary nitrogens is 1. The lowest BCUT2D eigenvalue weighted by molar-refractivity contribution is -0.941. The molecule has 4 rings (SSSR count). The number of pyridine rings is 1. The molecular weight excluding hydrogens is 368 g/mol. The van der Waals surface area contributed by atoms with Crippen LogP contribution >= 0.6 is 0 Å². The Morgan fingerprint density at radius 1 is 0.767 bits per heavy atom. The van der Waals surface area contributed by atoms with Crippen molar-refractivity contribution < 1.29 is 4.90 Å². The van der Waals surface area contributed by atoms with E-state index in [-0.39, 0.29) is 5.43 Å². The summed E-state index contributed by atoms with van der Waals surface area (Å²) in [4.78, 5) is 18.2. The molecule has 0 saturated heterocycles. The van der Waals surface area contributed by atoms with Crippen LogP contribution in [0.4, 0.5) is 0 Å². The van der Waals surface area contributed by atoms with Gasteiger partial charge in [0.1, 0.15) is 19.6 Å². The van der Waals surface area contributed by atoms with E-state index in [1.54, 1.807) is 0 Å². The summed E-state index contributed by atoms with van der Waals surface area (Å²) < 4.78 is 0. The van der Waals surface area contributed by atoms with Gasteiger partial charge in [0.05, 0.1) is 5.56 Å². The first-order valence-corrected chi connectivity index (χ1v) is 10.7. The van der Waals surface area contributed by atoms with Crippen molar-refractivity contribution in [2.24, 2.45) is 0 Å². The zero-order valence-electron chi connectivity index (χ0n) is 17.7. The van der Waals surface area contributed by atoms with E-state index in [4.69, 9.17) is 0 Å². The number of fused-ring (bicyclic) bond motifs is 1. The van der Waals surface area contributed by atoms with E-state index >= 15 is 0 Å². The molecule has 0 aliphatic carbocycles. The lowest BCUT2D eigenvalue weighted by Crippen LogP contribution is -3.08. The first kappa shape index (κ1) is 20.1. The quantitative estimate of drug-likeness (QED) is 0.482. The van der Waals surface area contributed by atoms with Crippen LogP contribution in [-0.4, -0.2) is 4.98 Å². The van der Waals surface area contributed by atoms with Crippen LogP contribution in [0.2, 0.25) is 0 Å². The number of aromatic amines is 1. The number of aromatic nitrogens is 1. The lowest BCUT2D eigenvalue weighted by atomic mass is 10.0. The largest absolute Gasteiger partial charge is 0.358 e. The SMILES string of the molecule is CCc1ccc2[nH]c(C)c(C[NH+](Cc3ccccc3)Cc3ccccc3)c(=O)c2c1. The molecule has 0 aliphatic rings. The predicted molar refractivity (Wildman–Crippen MR) is 124 cm³/mol. The standard InChI is InChI=1S/C27H28N2O/c1-3-21-14-15-26-24(16-21)27(30)25(20(2)28-26)19-29(17-22-10-6-4-7-11-22)18-23-12-8-5-9-13-23/h4-16H,3,17-19H2,1-2H3,(H,28,30)/p+1. The van der Waals surface area contributed by atoms with Crippen molar-refractivity contribution in [2.75, 3.05) is 0 Å². The van der Waals surface area contributed by atoms with E-state index in [9.17, 15) is 4.79 Å². The minimum absolute atomic E-state index is 0.162. The monoisotopic (exact) mass is 397 g/mol. The van der Waals surface area contributed by atoms with Crippen LogP contribution in [0.15, 0.2) is 83.7 Å². The normalized spacial score (nSPS) is 11.3. The van der Waals surface area contributed by atoms with Crippen molar-refractivity contribution in [1.29, 1.82) is 0 Å². The highest BCUT2D eigenvalue weighted by Gasteiger charge is 2.18. The third-order valence-electron chi connectivity index (χ3n) is 5.81. The van der Waals surface area contributed by atoms with E-state index < -0.39 is 0 Å². The molecule has 1 heterocycles. The summed E-state index contributed by atoms with van der Waals surface area (Å²) in [5.41, 5.74) is 6.70. The molecule has 4 aromatic rings. The molecule has 0 aliphatic heterocycles. The number of benzene rings is 3. The molecule has 0 radical (unpaired) electrons. The molecule has 3 heteroatoms. The van der Waals surface area contributed by atoms with Gasteiger partial charge in [0.25, 0.3) is 0 Å². The van der Waals surface area contributed by atoms with Crippen molar-refractivity contribution in [2.45, 2.75) is 39.9 Å². The Balaban J connectivity index is 1.71. The van der Waals surface area contributed by atoms with Gasteiger partial charge >= 0.3 is 0 Å². The molecule has 30 heavy (non-hydrogen) atoms. The first-order chi connectivity index (χ1) is 14.6. The zero-order chi connectivity index (χ0) is 20.9. The number of nitrogens with one attached hydrogen (secondary N) is 2. The van der Waals surface area contributed by atoms with Gasteiger partial charge in [-0.3, -0.25) is 4.79 Å². The van der Waals surface area contributed by atoms with Crippen LogP contribution in [0, 0.1) is 6.92 Å². The Morgan fingerprint density at radius 3 is 1.93 bits per heavy atom. The fraction of sp³-hybridized carbons (Fsp3) is 0.222. The second-order valence-electron chi connectivity index (χ2n) is 8.04. The maximum Gasteiger partial charge on any atom is 0.198 e. The van der Waals surface area contributed by atoms with E-state index in [2.05, 4.69) is 66.5 Å². The van der Waals surface area contributed by atoms with Gasteiger partial charge < -0.3 is 9.88 Å². The van der Waals surface area contributed by atoms with Gasteiger partial charge in [0, 0.05) is 27.7 Å². The maximum absolute atomic E-state index is 13.4. The average Bonchev–Trinajstić information content (AvgIpc) is 2.78. The summed E-state index contributed by atoms with van der Waals surface area (Å²) in [7, 11) is 0. The van der Waals surface area contributed by atoms with Crippen LogP contribution < -0.4 is 10.3 Å². The molecule has 0 spiro atoms. The average molecular weight is 398 g/mol. The number of hydrogen-bond acceptors (Lipinski definition) is 1. The van der Waals surface area contributed by atoms with Gasteiger partial charge in [-0.15, -0.1) is 0 Å². The van der Waals surface area contributed by atoms with Crippen LogP contribution in [0.25, 0.3) is 10.9 Å². The summed E-state index contributed by atoms with van der Waals surface area (Å²) in [6.07, 6.45) is 0.929. The molecule has 0 fully saturated rings. The van der Waals surface area contributed by atoms with E-state index in [0.29, 0.717) is 6.54 Å². The van der Waals surface area contributed by atoms with Crippen LogP contribution in [0.3, 0.4) is 0 Å². The fourth-order valence-corrected chi connectivity index (χ4v) is 4.14. The van der Waals surface area contributed by atoms with Gasteiger partial charge in [0.15, 0.2) is 5.43 Å². The summed E-state index contributed by atoms with van der Waals surface area (Å²) >= 11 is 0. The smallest absolute Gasteiger partial charge is 0.198 e. The highest BCUT2D eigenvalue weighted by Crippen LogP contribution is 2.14. The second-order valence-corrected chi connectivity index (χ2v) is 8.04. The summed E-state index contributed by atoms with van der Waals surface area (Å²) in [6.45, 7) is 6.59. The molecular formula is C27H29N2O+. The molecule has 0 saturated carbocycles. The second kappa shape index (κ2) is 9.10. The minimum atomic E-state index is 0.162. The summed E-state index contributed by atoms with van der Waals surface area (Å²) in [5, 5.41) is 0.800. The van der Waals surface area contributed by atoms with Crippen molar-refractivity contribution in [3.63, 3.8) is 0 Å². The van der Waals surface area contributed by atoms with E-state index in [1.165, 1.54) is 21.6 Å². The molecule has 152 valence electrons. The lowest BCUT2D eigenvalue weighted by Gasteiger charge is -2.21. The van der Waals surface area contributed by atoms with Gasteiger partial charge in [-0.1, -0.05) is 73.7 Å². The first-order valence-electron chi connectivity index (χ1n) is 10.7. The number of aryl methyl sites for hydroxylation is 2. The molecule has 0 bridgehead atoms. The van der Waals surface area contributed by atoms with Crippen molar-refractivity contribution in [3.8, 4) is 0 Å². The minimum Gasteiger partial charge on any atom is -0.358 e. The molecule has 1 aromatic heterocycles. The number of H-pyrrole nitrogens is 1. The molecule has 3 nitrogen and oxygen atoms in total. The summed E-state index contributed by atoms with van der Waals surface area (Å²) in [6, 6.07) is 27.2. The Bertz CT molecular complexity index is 1140. The molecule has 2 N–H and O–H groups in total. The van der Waals surface area contributed by atoms with Gasteiger partial charge in [-0.25, -0.2) is 0 Å². The van der Waals surface area contributed by atoms with Crippen molar-refractivity contribution in [3.05, 3.63) is 117 Å². The van der Waals surface area contributed by atoms with Crippen LogP contribution in [0.5, 0.6) is 0 Å². The zero-order valence-corrected chi connectivity index (χ0v) is 17.7. The molecule has 0 atom stereocenters. The highest BCUT2D eigenvalue weighted by atomic mass is 16.1. The third kappa shape index (κ3) is 4.52. The molecule has 0 amide bonds. The van der Waals surface area contributed by atoms with Gasteiger partial charge in [-0.05, 0) is 31.0 Å².